The van der Waals surface area contributed by atoms with Crippen LogP contribution in [0.2, 0.25) is 5.02 Å². The zero-order chi connectivity index (χ0) is 19.8. The van der Waals surface area contributed by atoms with Crippen LogP contribution in [0.25, 0.3) is 16.8 Å². The average Bonchev–Trinajstić information content (AvgIpc) is 3.25. The second kappa shape index (κ2) is 7.41. The fourth-order valence-corrected chi connectivity index (χ4v) is 4.40. The molecule has 1 unspecified atom stereocenters. The standard InChI is InChI=1S/C20H17ClFN3O2S/c1-11(13-4-2-3-5-14(13)21)27-16-8-17(28-19(16)20(23)26)15-9-24-18-7-6-12(22)10-25(15)18/h2-5,8-11H,6-7H2,1H3,(H2,23,26). The largest absolute Gasteiger partial charge is 0.484 e. The SMILES string of the molecule is CC(Oc1cc(-c2cnc3n2C=C(F)CC3)sc1C(N)=O)c1ccccc1Cl. The number of allylic oxidation sites excluding steroid dienone is 1. The van der Waals surface area contributed by atoms with Crippen LogP contribution >= 0.6 is 22.9 Å². The maximum absolute atomic E-state index is 13.8. The smallest absolute Gasteiger partial charge is 0.262 e. The molecule has 1 aliphatic heterocycles. The molecule has 1 amide bonds. The predicted octanol–water partition coefficient (Wildman–Crippen LogP) is 5.22. The maximum atomic E-state index is 13.8. The molecule has 0 bridgehead atoms. The third-order valence-corrected chi connectivity index (χ3v) is 6.05. The fourth-order valence-electron chi connectivity index (χ4n) is 3.16. The van der Waals surface area contributed by atoms with Gasteiger partial charge in [0.25, 0.3) is 5.91 Å². The number of benzene rings is 1. The van der Waals surface area contributed by atoms with Gasteiger partial charge in [-0.2, -0.15) is 0 Å². The number of ether oxygens (including phenoxy) is 1. The minimum Gasteiger partial charge on any atom is -0.484 e. The number of nitrogens with zero attached hydrogens (tertiary/aromatic N) is 2. The second-order valence-corrected chi connectivity index (χ2v) is 7.91. The lowest BCUT2D eigenvalue weighted by molar-refractivity contribution is 0.0998. The lowest BCUT2D eigenvalue weighted by Crippen LogP contribution is -2.12. The van der Waals surface area contributed by atoms with E-state index >= 15 is 0 Å². The molecular weight excluding hydrogens is 401 g/mol. The van der Waals surface area contributed by atoms with Gasteiger partial charge >= 0.3 is 0 Å². The number of primary amides is 1. The number of rotatable bonds is 5. The number of halogens is 2. The number of fused-ring (bicyclic) bond motifs is 1. The molecule has 1 aliphatic rings. The van der Waals surface area contributed by atoms with Crippen molar-refractivity contribution >= 4 is 35.0 Å². The first-order valence-electron chi connectivity index (χ1n) is 8.71. The van der Waals surface area contributed by atoms with Gasteiger partial charge in [-0.1, -0.05) is 29.8 Å². The zero-order valence-corrected chi connectivity index (χ0v) is 16.6. The molecule has 3 heterocycles. The highest BCUT2D eigenvalue weighted by Gasteiger charge is 2.23. The molecule has 0 spiro atoms. The molecule has 3 aromatic rings. The van der Waals surface area contributed by atoms with Crippen LogP contribution in [-0.2, 0) is 6.42 Å². The van der Waals surface area contributed by atoms with E-state index in [0.717, 1.165) is 16.3 Å². The highest BCUT2D eigenvalue weighted by atomic mass is 35.5. The Kier molecular flexibility index (Phi) is 4.95. The van der Waals surface area contributed by atoms with Crippen molar-refractivity contribution in [2.24, 2.45) is 5.73 Å². The first-order valence-corrected chi connectivity index (χ1v) is 9.91. The third kappa shape index (κ3) is 3.43. The Morgan fingerprint density at radius 1 is 1.39 bits per heavy atom. The van der Waals surface area contributed by atoms with Gasteiger partial charge in [-0.3, -0.25) is 9.36 Å². The highest BCUT2D eigenvalue weighted by Crippen LogP contribution is 2.40. The van der Waals surface area contributed by atoms with Crippen LogP contribution in [0, 0.1) is 0 Å². The number of hydrogen-bond donors (Lipinski definition) is 1. The summed E-state index contributed by atoms with van der Waals surface area (Å²) in [6.07, 6.45) is 3.59. The van der Waals surface area contributed by atoms with Crippen LogP contribution in [0.15, 0.2) is 42.4 Å². The second-order valence-electron chi connectivity index (χ2n) is 6.46. The number of carbonyl (C=O) groups excluding carboxylic acids is 1. The van der Waals surface area contributed by atoms with Crippen LogP contribution in [-0.4, -0.2) is 15.5 Å². The summed E-state index contributed by atoms with van der Waals surface area (Å²) < 4.78 is 21.5. The molecule has 2 aromatic heterocycles. The van der Waals surface area contributed by atoms with Gasteiger partial charge in [-0.05, 0) is 13.0 Å². The van der Waals surface area contributed by atoms with Gasteiger partial charge in [0.05, 0.1) is 16.8 Å². The Hall–Kier alpha value is -2.64. The Morgan fingerprint density at radius 3 is 2.93 bits per heavy atom. The van der Waals surface area contributed by atoms with Crippen LogP contribution < -0.4 is 10.5 Å². The third-order valence-electron chi connectivity index (χ3n) is 4.55. The summed E-state index contributed by atoms with van der Waals surface area (Å²) in [7, 11) is 0. The van der Waals surface area contributed by atoms with Crippen molar-refractivity contribution in [1.29, 1.82) is 0 Å². The Bertz CT molecular complexity index is 1090. The van der Waals surface area contributed by atoms with Crippen molar-refractivity contribution in [3.05, 3.63) is 63.6 Å². The molecular formula is C20H17ClFN3O2S. The predicted molar refractivity (Wildman–Crippen MR) is 108 cm³/mol. The molecule has 2 N–H and O–H groups in total. The summed E-state index contributed by atoms with van der Waals surface area (Å²) >= 11 is 7.44. The Balaban J connectivity index is 1.71. The van der Waals surface area contributed by atoms with Crippen molar-refractivity contribution in [1.82, 2.24) is 9.55 Å². The Labute approximate surface area is 170 Å². The molecule has 0 fully saturated rings. The number of nitrogens with two attached hydrogens (primary N) is 1. The molecule has 0 radical (unpaired) electrons. The van der Waals surface area contributed by atoms with Crippen molar-refractivity contribution in [2.45, 2.75) is 25.9 Å². The van der Waals surface area contributed by atoms with E-state index in [1.807, 2.05) is 25.1 Å². The van der Waals surface area contributed by atoms with Crippen molar-refractivity contribution in [2.75, 3.05) is 0 Å². The number of imidazole rings is 1. The normalized spacial score (nSPS) is 14.3. The molecule has 5 nitrogen and oxygen atoms in total. The monoisotopic (exact) mass is 417 g/mol. The van der Waals surface area contributed by atoms with Crippen molar-refractivity contribution in [3.63, 3.8) is 0 Å². The number of carbonyl (C=O) groups is 1. The Morgan fingerprint density at radius 2 is 2.18 bits per heavy atom. The number of hydrogen-bond acceptors (Lipinski definition) is 4. The van der Waals surface area contributed by atoms with Crippen molar-refractivity contribution in [3.8, 4) is 16.3 Å². The van der Waals surface area contributed by atoms with E-state index in [1.165, 1.54) is 17.5 Å². The number of aryl methyl sites for hydroxylation is 1. The van der Waals surface area contributed by atoms with E-state index in [4.69, 9.17) is 22.1 Å². The van der Waals surface area contributed by atoms with Crippen LogP contribution in [0.1, 0.15) is 40.5 Å². The van der Waals surface area contributed by atoms with E-state index in [-0.39, 0.29) is 11.9 Å². The lowest BCUT2D eigenvalue weighted by Gasteiger charge is -2.16. The van der Waals surface area contributed by atoms with Crippen LogP contribution in [0.3, 0.4) is 0 Å². The lowest BCUT2D eigenvalue weighted by atomic mass is 10.1. The molecule has 1 atom stereocenters. The van der Waals surface area contributed by atoms with E-state index in [9.17, 15) is 9.18 Å². The van der Waals surface area contributed by atoms with Gasteiger partial charge in [0.2, 0.25) is 0 Å². The molecule has 8 heteroatoms. The maximum Gasteiger partial charge on any atom is 0.262 e. The van der Waals surface area contributed by atoms with Crippen LogP contribution in [0.5, 0.6) is 5.75 Å². The first-order chi connectivity index (χ1) is 13.4. The average molecular weight is 418 g/mol. The molecule has 0 aliphatic carbocycles. The van der Waals surface area contributed by atoms with Crippen molar-refractivity contribution < 1.29 is 13.9 Å². The molecule has 4 rings (SSSR count). The molecule has 28 heavy (non-hydrogen) atoms. The van der Waals surface area contributed by atoms with E-state index in [0.29, 0.717) is 34.2 Å². The molecule has 144 valence electrons. The van der Waals surface area contributed by atoms with E-state index in [1.54, 1.807) is 22.9 Å². The summed E-state index contributed by atoms with van der Waals surface area (Å²) in [5.41, 5.74) is 7.05. The van der Waals surface area contributed by atoms with E-state index in [2.05, 4.69) is 4.98 Å². The fraction of sp³-hybridized carbons (Fsp3) is 0.200. The highest BCUT2D eigenvalue weighted by molar-refractivity contribution is 7.17. The minimum absolute atomic E-state index is 0.206. The van der Waals surface area contributed by atoms with Gasteiger partial charge in [-0.25, -0.2) is 9.37 Å². The summed E-state index contributed by atoms with van der Waals surface area (Å²) in [6, 6.07) is 9.10. The first kappa shape index (κ1) is 18.7. The zero-order valence-electron chi connectivity index (χ0n) is 15.0. The van der Waals surface area contributed by atoms with Crippen LogP contribution in [0.4, 0.5) is 4.39 Å². The molecule has 0 saturated carbocycles. The number of thiophene rings is 1. The summed E-state index contributed by atoms with van der Waals surface area (Å²) in [4.78, 5) is 17.3. The summed E-state index contributed by atoms with van der Waals surface area (Å²) in [5, 5.41) is 0.580. The van der Waals surface area contributed by atoms with E-state index < -0.39 is 5.91 Å². The number of aromatic nitrogens is 2. The van der Waals surface area contributed by atoms with Gasteiger partial charge in [0.1, 0.15) is 28.4 Å². The van der Waals surface area contributed by atoms with Gasteiger partial charge in [-0.15, -0.1) is 11.3 Å². The quantitative estimate of drug-likeness (QED) is 0.618. The number of amides is 1. The molecule has 0 saturated heterocycles. The van der Waals surface area contributed by atoms with Gasteiger partial charge in [0.15, 0.2) is 0 Å². The van der Waals surface area contributed by atoms with Gasteiger partial charge in [0, 0.05) is 35.7 Å². The summed E-state index contributed by atoms with van der Waals surface area (Å²) in [6.45, 7) is 1.85. The van der Waals surface area contributed by atoms with Gasteiger partial charge < -0.3 is 10.5 Å². The topological polar surface area (TPSA) is 70.1 Å². The summed E-state index contributed by atoms with van der Waals surface area (Å²) in [5.74, 6) is 0.355. The molecule has 1 aromatic carbocycles. The minimum atomic E-state index is -0.585.